The van der Waals surface area contributed by atoms with Crippen LogP contribution in [-0.2, 0) is 0 Å². The van der Waals surface area contributed by atoms with Crippen LogP contribution >= 0.6 is 0 Å². The topological polar surface area (TPSA) is 30.2 Å². The lowest BCUT2D eigenvalue weighted by atomic mass is 10.1. The minimum absolute atomic E-state index is 0.0377. The van der Waals surface area contributed by atoms with Crippen LogP contribution in [0.15, 0.2) is 40.3 Å². The van der Waals surface area contributed by atoms with Gasteiger partial charge in [0.1, 0.15) is 5.58 Å². The van der Waals surface area contributed by atoms with Crippen molar-refractivity contribution >= 4 is 16.8 Å². The summed E-state index contributed by atoms with van der Waals surface area (Å²) >= 11 is 0. The number of hydrogen-bond donors (Lipinski definition) is 0. The molecule has 0 aliphatic carbocycles. The Kier molecular flexibility index (Phi) is 3.66. The van der Waals surface area contributed by atoms with Crippen molar-refractivity contribution in [3.63, 3.8) is 0 Å². The van der Waals surface area contributed by atoms with Gasteiger partial charge in [0.25, 0.3) is 0 Å². The molecule has 2 aromatic rings. The number of furan rings is 1. The van der Waals surface area contributed by atoms with Gasteiger partial charge in [0, 0.05) is 5.39 Å². The van der Waals surface area contributed by atoms with E-state index in [1.165, 1.54) is 0 Å². The molecule has 0 atom stereocenters. The molecule has 0 fully saturated rings. The lowest BCUT2D eigenvalue weighted by molar-refractivity contribution is 0.102. The molecule has 1 aromatic carbocycles. The molecule has 94 valence electrons. The largest absolute Gasteiger partial charge is 0.452 e. The monoisotopic (exact) mass is 242 g/mol. The fourth-order valence-electron chi connectivity index (χ4n) is 2.04. The zero-order chi connectivity index (χ0) is 13.1. The molecule has 0 bridgehead atoms. The summed E-state index contributed by atoms with van der Waals surface area (Å²) in [6.45, 7) is 6.11. The maximum absolute atomic E-state index is 12.1. The minimum atomic E-state index is -0.0377. The summed E-state index contributed by atoms with van der Waals surface area (Å²) < 4.78 is 5.66. The minimum Gasteiger partial charge on any atom is -0.452 e. The molecule has 2 nitrogen and oxygen atoms in total. The van der Waals surface area contributed by atoms with Crippen LogP contribution < -0.4 is 0 Å². The van der Waals surface area contributed by atoms with Gasteiger partial charge in [-0.15, -0.1) is 0 Å². The standard InChI is InChI=1S/C16H18O2/c1-4-12(5-2)9-14(17)15-10-13-8-6-7-11(3)16(13)18-15/h6-10H,4-5H2,1-3H3. The van der Waals surface area contributed by atoms with Gasteiger partial charge in [-0.05, 0) is 37.5 Å². The summed E-state index contributed by atoms with van der Waals surface area (Å²) in [6, 6.07) is 7.75. The Hall–Kier alpha value is -1.83. The highest BCUT2D eigenvalue weighted by Crippen LogP contribution is 2.23. The molecule has 18 heavy (non-hydrogen) atoms. The Labute approximate surface area is 107 Å². The molecule has 2 heteroatoms. The van der Waals surface area contributed by atoms with E-state index in [0.717, 1.165) is 34.9 Å². The summed E-state index contributed by atoms with van der Waals surface area (Å²) in [5.41, 5.74) is 3.02. The third kappa shape index (κ3) is 2.37. The molecule has 0 unspecified atom stereocenters. The molecule has 0 saturated carbocycles. The van der Waals surface area contributed by atoms with Crippen molar-refractivity contribution in [1.82, 2.24) is 0 Å². The molecule has 1 heterocycles. The lowest BCUT2D eigenvalue weighted by Crippen LogP contribution is -1.93. The zero-order valence-electron chi connectivity index (χ0n) is 11.1. The van der Waals surface area contributed by atoms with Crippen molar-refractivity contribution in [1.29, 1.82) is 0 Å². The van der Waals surface area contributed by atoms with Gasteiger partial charge in [0.2, 0.25) is 5.78 Å². The van der Waals surface area contributed by atoms with E-state index in [1.807, 2.05) is 31.2 Å². The van der Waals surface area contributed by atoms with Gasteiger partial charge in [-0.1, -0.05) is 37.6 Å². The van der Waals surface area contributed by atoms with Gasteiger partial charge in [-0.25, -0.2) is 0 Å². The summed E-state index contributed by atoms with van der Waals surface area (Å²) in [4.78, 5) is 12.1. The quantitative estimate of drug-likeness (QED) is 0.576. The van der Waals surface area contributed by atoms with E-state index in [1.54, 1.807) is 6.08 Å². The van der Waals surface area contributed by atoms with Crippen LogP contribution in [0.1, 0.15) is 42.8 Å². The van der Waals surface area contributed by atoms with E-state index >= 15 is 0 Å². The number of aryl methyl sites for hydroxylation is 1. The summed E-state index contributed by atoms with van der Waals surface area (Å²) in [5.74, 6) is 0.392. The number of rotatable bonds is 4. The summed E-state index contributed by atoms with van der Waals surface area (Å²) in [5, 5.41) is 0.987. The molecule has 1 aromatic heterocycles. The van der Waals surface area contributed by atoms with Crippen LogP contribution in [0.25, 0.3) is 11.0 Å². The van der Waals surface area contributed by atoms with E-state index in [2.05, 4.69) is 13.8 Å². The van der Waals surface area contributed by atoms with Crippen LogP contribution in [0.2, 0.25) is 0 Å². The highest BCUT2D eigenvalue weighted by atomic mass is 16.3. The average Bonchev–Trinajstić information content (AvgIpc) is 2.81. The Bertz CT molecular complexity index is 597. The molecule has 0 amide bonds. The van der Waals surface area contributed by atoms with Gasteiger partial charge in [-0.2, -0.15) is 0 Å². The van der Waals surface area contributed by atoms with Gasteiger partial charge >= 0.3 is 0 Å². The molecule has 0 N–H and O–H groups in total. The van der Waals surface area contributed by atoms with E-state index < -0.39 is 0 Å². The molecule has 0 spiro atoms. The highest BCUT2D eigenvalue weighted by molar-refractivity contribution is 6.05. The summed E-state index contributed by atoms with van der Waals surface area (Å²) in [6.07, 6.45) is 3.51. The third-order valence-electron chi connectivity index (χ3n) is 3.23. The van der Waals surface area contributed by atoms with Crippen LogP contribution in [-0.4, -0.2) is 5.78 Å². The second-order valence-corrected chi connectivity index (χ2v) is 4.48. The predicted octanol–water partition coefficient (Wildman–Crippen LogP) is 4.67. The first-order valence-corrected chi connectivity index (χ1v) is 6.38. The van der Waals surface area contributed by atoms with Gasteiger partial charge in [-0.3, -0.25) is 4.79 Å². The second-order valence-electron chi connectivity index (χ2n) is 4.48. The Morgan fingerprint density at radius 3 is 2.61 bits per heavy atom. The van der Waals surface area contributed by atoms with Crippen molar-refractivity contribution in [2.75, 3.05) is 0 Å². The van der Waals surface area contributed by atoms with E-state index in [4.69, 9.17) is 4.42 Å². The molecular weight excluding hydrogens is 224 g/mol. The molecule has 2 rings (SSSR count). The van der Waals surface area contributed by atoms with Crippen molar-refractivity contribution in [2.45, 2.75) is 33.6 Å². The van der Waals surface area contributed by atoms with Crippen molar-refractivity contribution in [3.8, 4) is 0 Å². The van der Waals surface area contributed by atoms with Gasteiger partial charge in [0.05, 0.1) is 0 Å². The Morgan fingerprint density at radius 1 is 1.28 bits per heavy atom. The van der Waals surface area contributed by atoms with Crippen LogP contribution in [0.5, 0.6) is 0 Å². The van der Waals surface area contributed by atoms with Crippen molar-refractivity contribution in [2.24, 2.45) is 0 Å². The number of carbonyl (C=O) groups excluding carboxylic acids is 1. The number of allylic oxidation sites excluding steroid dienone is 2. The number of benzene rings is 1. The number of fused-ring (bicyclic) bond motifs is 1. The Morgan fingerprint density at radius 2 is 2.00 bits per heavy atom. The smallest absolute Gasteiger partial charge is 0.220 e. The zero-order valence-corrected chi connectivity index (χ0v) is 11.1. The average molecular weight is 242 g/mol. The predicted molar refractivity (Wildman–Crippen MR) is 73.9 cm³/mol. The second kappa shape index (κ2) is 5.21. The first-order chi connectivity index (χ1) is 8.65. The Balaban J connectivity index is 2.40. The molecule has 0 saturated heterocycles. The third-order valence-corrected chi connectivity index (χ3v) is 3.23. The van der Waals surface area contributed by atoms with Gasteiger partial charge in [0.15, 0.2) is 5.76 Å². The van der Waals surface area contributed by atoms with E-state index in [-0.39, 0.29) is 5.78 Å². The van der Waals surface area contributed by atoms with Crippen molar-refractivity contribution in [3.05, 3.63) is 47.2 Å². The SMILES string of the molecule is CCC(=CC(=O)c1cc2cccc(C)c2o1)CC. The highest BCUT2D eigenvalue weighted by Gasteiger charge is 2.11. The molecular formula is C16H18O2. The maximum atomic E-state index is 12.1. The number of carbonyl (C=O) groups is 1. The number of para-hydroxylation sites is 1. The van der Waals surface area contributed by atoms with E-state index in [9.17, 15) is 4.79 Å². The van der Waals surface area contributed by atoms with Crippen LogP contribution in [0.4, 0.5) is 0 Å². The van der Waals surface area contributed by atoms with Crippen molar-refractivity contribution < 1.29 is 9.21 Å². The van der Waals surface area contributed by atoms with Gasteiger partial charge < -0.3 is 4.42 Å². The molecule has 0 aliphatic heterocycles. The van der Waals surface area contributed by atoms with Crippen LogP contribution in [0, 0.1) is 6.92 Å². The fourth-order valence-corrected chi connectivity index (χ4v) is 2.04. The van der Waals surface area contributed by atoms with E-state index in [0.29, 0.717) is 5.76 Å². The summed E-state index contributed by atoms with van der Waals surface area (Å²) in [7, 11) is 0. The first kappa shape index (κ1) is 12.6. The number of hydrogen-bond acceptors (Lipinski definition) is 2. The number of ketones is 1. The maximum Gasteiger partial charge on any atom is 0.220 e. The molecule has 0 radical (unpaired) electrons. The fraction of sp³-hybridized carbons (Fsp3) is 0.312. The van der Waals surface area contributed by atoms with Crippen LogP contribution in [0.3, 0.4) is 0 Å². The lowest BCUT2D eigenvalue weighted by Gasteiger charge is -1.97. The first-order valence-electron chi connectivity index (χ1n) is 6.38. The molecule has 0 aliphatic rings. The normalized spacial score (nSPS) is 10.6.